The predicted octanol–water partition coefficient (Wildman–Crippen LogP) is 5.60. The van der Waals surface area contributed by atoms with Crippen LogP contribution < -0.4 is 4.74 Å². The fraction of sp³-hybridized carbons (Fsp3) is 0.250. The van der Waals surface area contributed by atoms with Gasteiger partial charge in [0.2, 0.25) is 0 Å². The van der Waals surface area contributed by atoms with E-state index in [1.165, 1.54) is 0 Å². The third kappa shape index (κ3) is 2.87. The highest BCUT2D eigenvalue weighted by Crippen LogP contribution is 2.47. The van der Waals surface area contributed by atoms with E-state index in [0.717, 1.165) is 20.1 Å². The van der Waals surface area contributed by atoms with E-state index in [4.69, 9.17) is 16.3 Å². The van der Waals surface area contributed by atoms with Crippen LogP contribution in [0.1, 0.15) is 30.6 Å². The molecule has 110 valence electrons. The lowest BCUT2D eigenvalue weighted by Gasteiger charge is -2.39. The van der Waals surface area contributed by atoms with E-state index in [0.29, 0.717) is 17.2 Å². The molecule has 1 aliphatic heterocycles. The number of hydrogen-bond donors (Lipinski definition) is 1. The maximum absolute atomic E-state index is 10.5. The minimum Gasteiger partial charge on any atom is -0.482 e. The molecule has 0 aromatic heterocycles. The van der Waals surface area contributed by atoms with Gasteiger partial charge < -0.3 is 9.84 Å². The lowest BCUT2D eigenvalue weighted by atomic mass is 9.85. The molecule has 0 saturated heterocycles. The quantitative estimate of drug-likeness (QED) is 0.636. The zero-order valence-corrected chi connectivity index (χ0v) is 15.2. The molecule has 2 aromatic carbocycles. The Balaban J connectivity index is 2.06. The first-order valence-electron chi connectivity index (χ1n) is 6.51. The number of aliphatic hydroxyl groups is 1. The molecule has 5 heteroatoms. The molecule has 2 aromatic rings. The van der Waals surface area contributed by atoms with E-state index < -0.39 is 11.7 Å². The molecular weight excluding hydrogens is 419 g/mol. The number of ether oxygens (including phenoxy) is 1. The van der Waals surface area contributed by atoms with Crippen LogP contribution in [0, 0.1) is 0 Å². The van der Waals surface area contributed by atoms with Crippen molar-refractivity contribution in [1.29, 1.82) is 0 Å². The number of rotatable bonds is 1. The summed E-state index contributed by atoms with van der Waals surface area (Å²) in [4.78, 5) is 0. The van der Waals surface area contributed by atoms with Crippen molar-refractivity contribution in [1.82, 2.24) is 0 Å². The van der Waals surface area contributed by atoms with Gasteiger partial charge >= 0.3 is 0 Å². The highest BCUT2D eigenvalue weighted by atomic mass is 79.9. The monoisotopic (exact) mass is 430 g/mol. The van der Waals surface area contributed by atoms with E-state index in [-0.39, 0.29) is 0 Å². The second-order valence-electron chi connectivity index (χ2n) is 5.36. The van der Waals surface area contributed by atoms with Crippen LogP contribution in [-0.4, -0.2) is 5.11 Å². The molecule has 1 heterocycles. The molecule has 2 nitrogen and oxygen atoms in total. The fourth-order valence-corrected chi connectivity index (χ4v) is 3.97. The number of hydrogen-bond acceptors (Lipinski definition) is 2. The van der Waals surface area contributed by atoms with Gasteiger partial charge in [0.15, 0.2) is 0 Å². The summed E-state index contributed by atoms with van der Waals surface area (Å²) in [7, 11) is 0. The van der Waals surface area contributed by atoms with Gasteiger partial charge in [0.25, 0.3) is 0 Å². The van der Waals surface area contributed by atoms with E-state index >= 15 is 0 Å². The van der Waals surface area contributed by atoms with Gasteiger partial charge in [-0.1, -0.05) is 49.5 Å². The first kappa shape index (κ1) is 15.3. The van der Waals surface area contributed by atoms with Crippen molar-refractivity contribution in [2.45, 2.75) is 25.0 Å². The molecule has 0 spiro atoms. The van der Waals surface area contributed by atoms with Crippen molar-refractivity contribution in [2.75, 3.05) is 0 Å². The first-order valence-corrected chi connectivity index (χ1v) is 8.47. The lowest BCUT2D eigenvalue weighted by Crippen LogP contribution is -2.35. The van der Waals surface area contributed by atoms with Crippen molar-refractivity contribution < 1.29 is 9.84 Å². The Hall–Kier alpha value is -0.550. The zero-order valence-electron chi connectivity index (χ0n) is 11.2. The highest BCUT2D eigenvalue weighted by molar-refractivity contribution is 9.10. The third-order valence-electron chi connectivity index (χ3n) is 3.75. The molecule has 0 radical (unpaired) electrons. The van der Waals surface area contributed by atoms with Crippen molar-refractivity contribution >= 4 is 43.5 Å². The van der Waals surface area contributed by atoms with Crippen molar-refractivity contribution in [3.8, 4) is 5.75 Å². The average molecular weight is 433 g/mol. The topological polar surface area (TPSA) is 29.5 Å². The van der Waals surface area contributed by atoms with Crippen LogP contribution in [0.5, 0.6) is 5.75 Å². The largest absolute Gasteiger partial charge is 0.482 e. The van der Waals surface area contributed by atoms with Gasteiger partial charge in [-0.15, -0.1) is 0 Å². The van der Waals surface area contributed by atoms with Crippen LogP contribution in [0.2, 0.25) is 5.02 Å². The minimum absolute atomic E-state index is 0.456. The number of benzene rings is 2. The molecule has 0 fully saturated rings. The summed E-state index contributed by atoms with van der Waals surface area (Å²) < 4.78 is 8.01. The van der Waals surface area contributed by atoms with Gasteiger partial charge in [0.1, 0.15) is 11.4 Å². The number of aliphatic hydroxyl groups excluding tert-OH is 1. The van der Waals surface area contributed by atoms with Gasteiger partial charge in [-0.2, -0.15) is 0 Å². The smallest absolute Gasteiger partial charge is 0.135 e. The van der Waals surface area contributed by atoms with Crippen molar-refractivity contribution in [3.05, 3.63) is 61.5 Å². The number of fused-ring (bicyclic) bond motifs is 1. The van der Waals surface area contributed by atoms with Crippen molar-refractivity contribution in [3.63, 3.8) is 0 Å². The molecule has 1 aliphatic rings. The summed E-state index contributed by atoms with van der Waals surface area (Å²) >= 11 is 13.2. The van der Waals surface area contributed by atoms with Crippen LogP contribution in [0.25, 0.3) is 0 Å². The van der Waals surface area contributed by atoms with E-state index in [1.54, 1.807) is 0 Å². The summed E-state index contributed by atoms with van der Waals surface area (Å²) in [6.45, 7) is 1.95. The summed E-state index contributed by atoms with van der Waals surface area (Å²) in [5, 5.41) is 11.1. The Bertz CT molecular complexity index is 705. The Kier molecular flexibility index (Phi) is 4.08. The van der Waals surface area contributed by atoms with Gasteiger partial charge in [-0.25, -0.2) is 0 Å². The molecular formula is C16H13Br2ClO2. The Morgan fingerprint density at radius 2 is 1.86 bits per heavy atom. The summed E-state index contributed by atoms with van der Waals surface area (Å²) in [6, 6.07) is 11.4. The molecule has 1 N–H and O–H groups in total. The molecule has 3 rings (SSSR count). The molecule has 0 bridgehead atoms. The predicted molar refractivity (Wildman–Crippen MR) is 90.9 cm³/mol. The molecule has 2 unspecified atom stereocenters. The summed E-state index contributed by atoms with van der Waals surface area (Å²) in [6.07, 6.45) is -0.131. The Labute approximate surface area is 145 Å². The van der Waals surface area contributed by atoms with Gasteiger partial charge in [0.05, 0.1) is 6.10 Å². The van der Waals surface area contributed by atoms with Crippen LogP contribution in [-0.2, 0) is 5.60 Å². The number of halogens is 3. The highest BCUT2D eigenvalue weighted by Gasteiger charge is 2.39. The SMILES string of the molecule is CC1(c2ccc(Br)cc2Cl)CC(O)c2cc(Br)ccc2O1. The van der Waals surface area contributed by atoms with Crippen molar-refractivity contribution in [2.24, 2.45) is 0 Å². The molecule has 21 heavy (non-hydrogen) atoms. The maximum Gasteiger partial charge on any atom is 0.135 e. The summed E-state index contributed by atoms with van der Waals surface area (Å²) in [5.74, 6) is 0.693. The fourth-order valence-electron chi connectivity index (χ4n) is 2.72. The van der Waals surface area contributed by atoms with Gasteiger partial charge in [0, 0.05) is 31.5 Å². The standard InChI is InChI=1S/C16H13Br2ClO2/c1-16(12-4-2-10(18)7-13(12)19)8-14(20)11-6-9(17)3-5-15(11)21-16/h2-7,14,20H,8H2,1H3. The zero-order chi connectivity index (χ0) is 15.2. The van der Waals surface area contributed by atoms with Crippen LogP contribution in [0.3, 0.4) is 0 Å². The van der Waals surface area contributed by atoms with E-state index in [1.807, 2.05) is 43.3 Å². The normalized spacial score (nSPS) is 24.3. The first-order chi connectivity index (χ1) is 9.89. The van der Waals surface area contributed by atoms with Gasteiger partial charge in [-0.3, -0.25) is 0 Å². The minimum atomic E-state index is -0.655. The van der Waals surface area contributed by atoms with E-state index in [9.17, 15) is 5.11 Å². The Morgan fingerprint density at radius 3 is 2.57 bits per heavy atom. The van der Waals surface area contributed by atoms with Crippen LogP contribution in [0.4, 0.5) is 0 Å². The second kappa shape index (κ2) is 5.58. The molecule has 0 aliphatic carbocycles. The average Bonchev–Trinajstić information content (AvgIpc) is 2.39. The maximum atomic E-state index is 10.5. The van der Waals surface area contributed by atoms with Gasteiger partial charge in [-0.05, 0) is 37.3 Å². The lowest BCUT2D eigenvalue weighted by molar-refractivity contribution is -0.00482. The van der Waals surface area contributed by atoms with Crippen LogP contribution >= 0.6 is 43.5 Å². The summed E-state index contributed by atoms with van der Waals surface area (Å²) in [5.41, 5.74) is 1.02. The molecule has 0 amide bonds. The Morgan fingerprint density at radius 1 is 1.19 bits per heavy atom. The third-order valence-corrected chi connectivity index (χ3v) is 5.05. The molecule has 2 atom stereocenters. The van der Waals surface area contributed by atoms with Crippen LogP contribution in [0.15, 0.2) is 45.3 Å². The molecule has 0 saturated carbocycles. The van der Waals surface area contributed by atoms with E-state index in [2.05, 4.69) is 31.9 Å². The second-order valence-corrected chi connectivity index (χ2v) is 7.60.